The second-order valence-corrected chi connectivity index (χ2v) is 3.52. The molecule has 0 aliphatic carbocycles. The van der Waals surface area contributed by atoms with Crippen molar-refractivity contribution in [2.75, 3.05) is 11.1 Å². The molecule has 0 amide bonds. The van der Waals surface area contributed by atoms with Gasteiger partial charge in [0.15, 0.2) is 0 Å². The zero-order valence-electron chi connectivity index (χ0n) is 6.90. The van der Waals surface area contributed by atoms with E-state index < -0.39 is 0 Å². The van der Waals surface area contributed by atoms with Gasteiger partial charge in [-0.15, -0.1) is 11.3 Å². The summed E-state index contributed by atoms with van der Waals surface area (Å²) in [6.07, 6.45) is 1.69. The lowest BCUT2D eigenvalue weighted by atomic mass is 10.4. The highest BCUT2D eigenvalue weighted by Crippen LogP contribution is 2.21. The normalized spacial score (nSPS) is 9.85. The number of nitrogens with zero attached hydrogens (tertiary/aromatic N) is 1. The molecule has 66 valence electrons. The lowest BCUT2D eigenvalue weighted by molar-refractivity contribution is 1.33. The molecule has 0 unspecified atom stereocenters. The van der Waals surface area contributed by atoms with Crippen molar-refractivity contribution in [2.24, 2.45) is 0 Å². The fourth-order valence-corrected chi connectivity index (χ4v) is 1.66. The van der Waals surface area contributed by atoms with Gasteiger partial charge in [-0.05, 0) is 23.6 Å². The molecule has 0 atom stereocenters. The Morgan fingerprint density at radius 1 is 1.38 bits per heavy atom. The van der Waals surface area contributed by atoms with Gasteiger partial charge in [-0.25, -0.2) is 4.98 Å². The maximum Gasteiger partial charge on any atom is 0.125 e. The van der Waals surface area contributed by atoms with E-state index in [2.05, 4.69) is 10.3 Å². The molecule has 13 heavy (non-hydrogen) atoms. The Morgan fingerprint density at radius 2 is 2.31 bits per heavy atom. The molecule has 0 aliphatic rings. The molecule has 0 fully saturated rings. The average Bonchev–Trinajstić information content (AvgIpc) is 2.57. The van der Waals surface area contributed by atoms with E-state index in [0.29, 0.717) is 5.82 Å². The van der Waals surface area contributed by atoms with Crippen LogP contribution in [0.5, 0.6) is 0 Å². The molecule has 2 aromatic rings. The van der Waals surface area contributed by atoms with Crippen LogP contribution in [0.4, 0.5) is 16.5 Å². The van der Waals surface area contributed by atoms with Gasteiger partial charge in [0, 0.05) is 18.0 Å². The highest BCUT2D eigenvalue weighted by Gasteiger charge is 1.95. The lowest BCUT2D eigenvalue weighted by Crippen LogP contribution is -1.92. The van der Waals surface area contributed by atoms with Gasteiger partial charge in [0.1, 0.15) is 5.82 Å². The van der Waals surface area contributed by atoms with Crippen LogP contribution >= 0.6 is 11.3 Å². The van der Waals surface area contributed by atoms with Gasteiger partial charge in [0.25, 0.3) is 0 Å². The van der Waals surface area contributed by atoms with Gasteiger partial charge >= 0.3 is 0 Å². The minimum Gasteiger partial charge on any atom is -0.384 e. The first-order valence-corrected chi connectivity index (χ1v) is 4.74. The Hall–Kier alpha value is -1.55. The monoisotopic (exact) mass is 191 g/mol. The summed E-state index contributed by atoms with van der Waals surface area (Å²) in [6, 6.07) is 7.70. The van der Waals surface area contributed by atoms with Crippen molar-refractivity contribution in [3.63, 3.8) is 0 Å². The van der Waals surface area contributed by atoms with E-state index in [1.165, 1.54) is 0 Å². The van der Waals surface area contributed by atoms with Crippen molar-refractivity contribution in [2.45, 2.75) is 0 Å². The molecule has 0 aromatic carbocycles. The third-order valence-electron chi connectivity index (χ3n) is 1.57. The first-order valence-electron chi connectivity index (χ1n) is 3.87. The molecule has 2 rings (SSSR count). The van der Waals surface area contributed by atoms with Crippen LogP contribution in [-0.4, -0.2) is 4.98 Å². The first kappa shape index (κ1) is 8.07. The SMILES string of the molecule is Nc1cc(Nc2cccs2)ccn1. The summed E-state index contributed by atoms with van der Waals surface area (Å²) in [5, 5.41) is 6.35. The molecular weight excluding hydrogens is 182 g/mol. The summed E-state index contributed by atoms with van der Waals surface area (Å²) in [5.74, 6) is 0.529. The molecule has 3 N–H and O–H groups in total. The minimum atomic E-state index is 0.529. The molecule has 0 saturated carbocycles. The summed E-state index contributed by atoms with van der Waals surface area (Å²) >= 11 is 1.65. The average molecular weight is 191 g/mol. The van der Waals surface area contributed by atoms with Crippen LogP contribution in [0.1, 0.15) is 0 Å². The second-order valence-electron chi connectivity index (χ2n) is 2.57. The highest BCUT2D eigenvalue weighted by molar-refractivity contribution is 7.14. The molecule has 0 saturated heterocycles. The van der Waals surface area contributed by atoms with Crippen LogP contribution in [0.25, 0.3) is 0 Å². The van der Waals surface area contributed by atoms with Crippen molar-refractivity contribution in [3.05, 3.63) is 35.8 Å². The number of pyridine rings is 1. The zero-order chi connectivity index (χ0) is 9.10. The maximum absolute atomic E-state index is 5.54. The fourth-order valence-electron chi connectivity index (χ4n) is 1.02. The van der Waals surface area contributed by atoms with E-state index in [1.54, 1.807) is 23.6 Å². The first-order chi connectivity index (χ1) is 6.34. The van der Waals surface area contributed by atoms with Crippen LogP contribution < -0.4 is 11.1 Å². The number of hydrogen-bond donors (Lipinski definition) is 2. The topological polar surface area (TPSA) is 50.9 Å². The number of aromatic nitrogens is 1. The molecule has 3 nitrogen and oxygen atoms in total. The van der Waals surface area contributed by atoms with Crippen LogP contribution in [-0.2, 0) is 0 Å². The van der Waals surface area contributed by atoms with Gasteiger partial charge < -0.3 is 11.1 Å². The maximum atomic E-state index is 5.54. The Labute approximate surface area is 80.2 Å². The number of nitrogen functional groups attached to an aromatic ring is 1. The van der Waals surface area contributed by atoms with Gasteiger partial charge in [-0.2, -0.15) is 0 Å². The molecule has 0 spiro atoms. The van der Waals surface area contributed by atoms with Crippen LogP contribution in [0, 0.1) is 0 Å². The summed E-state index contributed by atoms with van der Waals surface area (Å²) in [4.78, 5) is 3.91. The summed E-state index contributed by atoms with van der Waals surface area (Å²) < 4.78 is 0. The summed E-state index contributed by atoms with van der Waals surface area (Å²) in [6.45, 7) is 0. The van der Waals surface area contributed by atoms with Gasteiger partial charge in [-0.3, -0.25) is 0 Å². The minimum absolute atomic E-state index is 0.529. The second kappa shape index (κ2) is 3.45. The molecule has 2 aromatic heterocycles. The number of rotatable bonds is 2. The molecule has 0 radical (unpaired) electrons. The summed E-state index contributed by atoms with van der Waals surface area (Å²) in [5.41, 5.74) is 6.51. The number of thiophene rings is 1. The Morgan fingerprint density at radius 3 is 3.00 bits per heavy atom. The lowest BCUT2D eigenvalue weighted by Gasteiger charge is -2.02. The standard InChI is InChI=1S/C9H9N3S/c10-8-6-7(3-4-11-8)12-9-2-1-5-13-9/h1-6H,(H3,10,11,12). The third-order valence-corrected chi connectivity index (χ3v) is 2.36. The van der Waals surface area contributed by atoms with Crippen LogP contribution in [0.3, 0.4) is 0 Å². The van der Waals surface area contributed by atoms with Crippen molar-refractivity contribution in [1.29, 1.82) is 0 Å². The number of hydrogen-bond acceptors (Lipinski definition) is 4. The Kier molecular flexibility index (Phi) is 2.14. The Balaban J connectivity index is 2.19. The zero-order valence-corrected chi connectivity index (χ0v) is 7.71. The molecule has 0 aliphatic heterocycles. The van der Waals surface area contributed by atoms with Crippen molar-refractivity contribution < 1.29 is 0 Å². The van der Waals surface area contributed by atoms with E-state index in [0.717, 1.165) is 10.7 Å². The smallest absolute Gasteiger partial charge is 0.125 e. The molecular formula is C9H9N3S. The van der Waals surface area contributed by atoms with Crippen molar-refractivity contribution in [3.8, 4) is 0 Å². The van der Waals surface area contributed by atoms with Gasteiger partial charge in [0.2, 0.25) is 0 Å². The quantitative estimate of drug-likeness (QED) is 0.766. The largest absolute Gasteiger partial charge is 0.384 e. The predicted molar refractivity (Wildman–Crippen MR) is 56.3 cm³/mol. The van der Waals surface area contributed by atoms with Crippen LogP contribution in [0.15, 0.2) is 35.8 Å². The van der Waals surface area contributed by atoms with E-state index in [-0.39, 0.29) is 0 Å². The van der Waals surface area contributed by atoms with E-state index in [9.17, 15) is 0 Å². The van der Waals surface area contributed by atoms with Gasteiger partial charge in [0.05, 0.1) is 5.00 Å². The third kappa shape index (κ3) is 1.97. The summed E-state index contributed by atoms with van der Waals surface area (Å²) in [7, 11) is 0. The van der Waals surface area contributed by atoms with Crippen LogP contribution in [0.2, 0.25) is 0 Å². The molecule has 0 bridgehead atoms. The fraction of sp³-hybridized carbons (Fsp3) is 0. The number of nitrogens with two attached hydrogens (primary N) is 1. The number of nitrogens with one attached hydrogen (secondary N) is 1. The Bertz CT molecular complexity index is 384. The van der Waals surface area contributed by atoms with E-state index in [1.807, 2.05) is 23.6 Å². The van der Waals surface area contributed by atoms with Crippen molar-refractivity contribution >= 4 is 27.8 Å². The van der Waals surface area contributed by atoms with E-state index >= 15 is 0 Å². The van der Waals surface area contributed by atoms with E-state index in [4.69, 9.17) is 5.73 Å². The highest BCUT2D eigenvalue weighted by atomic mass is 32.1. The predicted octanol–water partition coefficient (Wildman–Crippen LogP) is 2.47. The van der Waals surface area contributed by atoms with Gasteiger partial charge in [-0.1, -0.05) is 0 Å². The van der Waals surface area contributed by atoms with Crippen molar-refractivity contribution in [1.82, 2.24) is 4.98 Å². The molecule has 4 heteroatoms. The molecule has 2 heterocycles. The number of anilines is 3.